The van der Waals surface area contributed by atoms with Crippen LogP contribution in [-0.2, 0) is 14.8 Å². The van der Waals surface area contributed by atoms with Crippen LogP contribution >= 0.6 is 0 Å². The molecule has 6 nitrogen and oxygen atoms in total. The van der Waals surface area contributed by atoms with Crippen molar-refractivity contribution in [3.05, 3.63) is 23.8 Å². The summed E-state index contributed by atoms with van der Waals surface area (Å²) < 4.78 is 24.9. The molecule has 0 aliphatic heterocycles. The maximum absolute atomic E-state index is 12.1. The zero-order chi connectivity index (χ0) is 15.6. The first-order valence-electron chi connectivity index (χ1n) is 6.91. The molecule has 1 aliphatic carbocycles. The molecular formula is C14H21N3O3S. The maximum Gasteiger partial charge on any atom is 0.229 e. The third kappa shape index (κ3) is 4.18. The van der Waals surface area contributed by atoms with Crippen LogP contribution in [0.15, 0.2) is 18.2 Å². The standard InChI is InChI=1S/C14H21N3O3S/c1-9-8-10(6-7-13(9)17-21(2,19)20)16-14(18)11-4-3-5-12(11)15/h6-8,11-12,17H,3-5,15H2,1-2H3,(H,16,18). The lowest BCUT2D eigenvalue weighted by atomic mass is 10.0. The average Bonchev–Trinajstić information content (AvgIpc) is 2.77. The first-order valence-corrected chi connectivity index (χ1v) is 8.80. The number of nitrogens with one attached hydrogen (secondary N) is 2. The molecule has 1 aliphatic rings. The lowest BCUT2D eigenvalue weighted by Gasteiger charge is -2.16. The molecule has 1 amide bonds. The molecule has 0 radical (unpaired) electrons. The molecule has 0 heterocycles. The number of hydrogen-bond acceptors (Lipinski definition) is 4. The number of benzene rings is 1. The zero-order valence-electron chi connectivity index (χ0n) is 12.2. The van der Waals surface area contributed by atoms with Gasteiger partial charge in [0.2, 0.25) is 15.9 Å². The predicted octanol–water partition coefficient (Wildman–Crippen LogP) is 1.43. The van der Waals surface area contributed by atoms with Gasteiger partial charge >= 0.3 is 0 Å². The summed E-state index contributed by atoms with van der Waals surface area (Å²) in [6.45, 7) is 1.78. The zero-order valence-corrected chi connectivity index (χ0v) is 13.0. The van der Waals surface area contributed by atoms with Gasteiger partial charge in [-0.15, -0.1) is 0 Å². The van der Waals surface area contributed by atoms with Gasteiger partial charge in [-0.2, -0.15) is 0 Å². The van der Waals surface area contributed by atoms with E-state index in [0.29, 0.717) is 11.4 Å². The largest absolute Gasteiger partial charge is 0.327 e. The van der Waals surface area contributed by atoms with Gasteiger partial charge in [0.05, 0.1) is 17.9 Å². The van der Waals surface area contributed by atoms with Crippen LogP contribution in [0.3, 0.4) is 0 Å². The lowest BCUT2D eigenvalue weighted by Crippen LogP contribution is -2.34. The number of sulfonamides is 1. The highest BCUT2D eigenvalue weighted by molar-refractivity contribution is 7.92. The van der Waals surface area contributed by atoms with Crippen LogP contribution in [0.25, 0.3) is 0 Å². The highest BCUT2D eigenvalue weighted by atomic mass is 32.2. The molecule has 2 rings (SSSR count). The summed E-state index contributed by atoms with van der Waals surface area (Å²) in [6.07, 6.45) is 3.78. The van der Waals surface area contributed by atoms with E-state index in [1.807, 2.05) is 0 Å². The van der Waals surface area contributed by atoms with Crippen molar-refractivity contribution < 1.29 is 13.2 Å². The fraction of sp³-hybridized carbons (Fsp3) is 0.500. The fourth-order valence-corrected chi connectivity index (χ4v) is 3.23. The number of carbonyl (C=O) groups is 1. The lowest BCUT2D eigenvalue weighted by molar-refractivity contribution is -0.120. The summed E-state index contributed by atoms with van der Waals surface area (Å²) in [5.41, 5.74) is 7.82. The highest BCUT2D eigenvalue weighted by Crippen LogP contribution is 2.26. The van der Waals surface area contributed by atoms with Crippen LogP contribution in [0.4, 0.5) is 11.4 Å². The molecule has 7 heteroatoms. The maximum atomic E-state index is 12.1. The Kier molecular flexibility index (Phi) is 4.53. The molecular weight excluding hydrogens is 290 g/mol. The Balaban J connectivity index is 2.08. The molecule has 0 spiro atoms. The topological polar surface area (TPSA) is 101 Å². The number of carbonyl (C=O) groups excluding carboxylic acids is 1. The predicted molar refractivity (Wildman–Crippen MR) is 83.6 cm³/mol. The SMILES string of the molecule is Cc1cc(NC(=O)C2CCCC2N)ccc1NS(C)(=O)=O. The van der Waals surface area contributed by atoms with Crippen molar-refractivity contribution in [2.24, 2.45) is 11.7 Å². The van der Waals surface area contributed by atoms with Crippen LogP contribution in [0.5, 0.6) is 0 Å². The minimum atomic E-state index is -3.31. The molecule has 1 saturated carbocycles. The summed E-state index contributed by atoms with van der Waals surface area (Å²) >= 11 is 0. The van der Waals surface area contributed by atoms with Crippen molar-refractivity contribution in [1.29, 1.82) is 0 Å². The third-order valence-electron chi connectivity index (χ3n) is 3.70. The van der Waals surface area contributed by atoms with Gasteiger partial charge in [0, 0.05) is 11.7 Å². The molecule has 1 fully saturated rings. The summed E-state index contributed by atoms with van der Waals surface area (Å²) in [4.78, 5) is 12.1. The van der Waals surface area contributed by atoms with E-state index in [-0.39, 0.29) is 17.9 Å². The van der Waals surface area contributed by atoms with Gasteiger partial charge in [0.25, 0.3) is 0 Å². The number of anilines is 2. The van der Waals surface area contributed by atoms with Crippen LogP contribution in [0.2, 0.25) is 0 Å². The van der Waals surface area contributed by atoms with E-state index in [9.17, 15) is 13.2 Å². The second-order valence-corrected chi connectivity index (χ2v) is 7.34. The van der Waals surface area contributed by atoms with E-state index < -0.39 is 10.0 Å². The van der Waals surface area contributed by atoms with Gasteiger partial charge in [0.15, 0.2) is 0 Å². The van der Waals surface area contributed by atoms with Crippen molar-refractivity contribution in [2.75, 3.05) is 16.3 Å². The first kappa shape index (κ1) is 15.8. The third-order valence-corrected chi connectivity index (χ3v) is 4.29. The van der Waals surface area contributed by atoms with Crippen LogP contribution in [0, 0.1) is 12.8 Å². The molecule has 116 valence electrons. The van der Waals surface area contributed by atoms with Gasteiger partial charge in [0.1, 0.15) is 0 Å². The Bertz CT molecular complexity index is 643. The molecule has 0 saturated heterocycles. The number of rotatable bonds is 4. The van der Waals surface area contributed by atoms with Crippen LogP contribution < -0.4 is 15.8 Å². The van der Waals surface area contributed by atoms with E-state index in [0.717, 1.165) is 31.1 Å². The van der Waals surface area contributed by atoms with E-state index >= 15 is 0 Å². The Morgan fingerprint density at radius 2 is 2.05 bits per heavy atom. The minimum Gasteiger partial charge on any atom is -0.327 e. The molecule has 21 heavy (non-hydrogen) atoms. The summed E-state index contributed by atoms with van der Waals surface area (Å²) in [5.74, 6) is -0.206. The Hall–Kier alpha value is -1.60. The molecule has 4 N–H and O–H groups in total. The van der Waals surface area contributed by atoms with Crippen molar-refractivity contribution in [2.45, 2.75) is 32.2 Å². The minimum absolute atomic E-state index is 0.0665. The van der Waals surface area contributed by atoms with Gasteiger partial charge in [-0.25, -0.2) is 8.42 Å². The molecule has 0 aromatic heterocycles. The second-order valence-electron chi connectivity index (χ2n) is 5.59. The fourth-order valence-electron chi connectivity index (χ4n) is 2.60. The van der Waals surface area contributed by atoms with Gasteiger partial charge < -0.3 is 11.1 Å². The van der Waals surface area contributed by atoms with Crippen molar-refractivity contribution in [3.8, 4) is 0 Å². The van der Waals surface area contributed by atoms with Crippen molar-refractivity contribution in [1.82, 2.24) is 0 Å². The Morgan fingerprint density at radius 1 is 1.33 bits per heavy atom. The van der Waals surface area contributed by atoms with Gasteiger partial charge in [-0.05, 0) is 43.5 Å². The molecule has 1 aromatic carbocycles. The first-order chi connectivity index (χ1) is 9.76. The van der Waals surface area contributed by atoms with Gasteiger partial charge in [-0.1, -0.05) is 6.42 Å². The van der Waals surface area contributed by atoms with E-state index in [1.54, 1.807) is 25.1 Å². The van der Waals surface area contributed by atoms with E-state index in [2.05, 4.69) is 10.0 Å². The van der Waals surface area contributed by atoms with Crippen LogP contribution in [0.1, 0.15) is 24.8 Å². The average molecular weight is 311 g/mol. The normalized spacial score (nSPS) is 22.0. The Labute approximate surface area is 125 Å². The van der Waals surface area contributed by atoms with Crippen molar-refractivity contribution >= 4 is 27.3 Å². The molecule has 0 bridgehead atoms. The second kappa shape index (κ2) is 6.03. The summed E-state index contributed by atoms with van der Waals surface area (Å²) in [7, 11) is -3.31. The number of hydrogen-bond donors (Lipinski definition) is 3. The quantitative estimate of drug-likeness (QED) is 0.783. The number of amides is 1. The molecule has 1 aromatic rings. The van der Waals surface area contributed by atoms with Crippen molar-refractivity contribution in [3.63, 3.8) is 0 Å². The molecule has 2 unspecified atom stereocenters. The smallest absolute Gasteiger partial charge is 0.229 e. The highest BCUT2D eigenvalue weighted by Gasteiger charge is 2.30. The summed E-state index contributed by atoms with van der Waals surface area (Å²) in [5, 5.41) is 2.85. The molecule has 2 atom stereocenters. The summed E-state index contributed by atoms with van der Waals surface area (Å²) in [6, 6.07) is 4.99. The van der Waals surface area contributed by atoms with Gasteiger partial charge in [-0.3, -0.25) is 9.52 Å². The Morgan fingerprint density at radius 3 is 2.57 bits per heavy atom. The number of nitrogens with two attached hydrogens (primary N) is 1. The van der Waals surface area contributed by atoms with E-state index in [1.165, 1.54) is 0 Å². The monoisotopic (exact) mass is 311 g/mol. The van der Waals surface area contributed by atoms with Crippen LogP contribution in [-0.4, -0.2) is 26.6 Å². The van der Waals surface area contributed by atoms with E-state index in [4.69, 9.17) is 5.73 Å². The number of aryl methyl sites for hydroxylation is 1.